The van der Waals surface area contributed by atoms with Crippen LogP contribution in [0, 0.1) is 5.92 Å². The Balaban J connectivity index is 1.54. The van der Waals surface area contributed by atoms with E-state index in [2.05, 4.69) is 5.32 Å². The molecule has 0 fully saturated rings. The summed E-state index contributed by atoms with van der Waals surface area (Å²) in [5.74, 6) is 0.0371. The second-order valence-electron chi connectivity index (χ2n) is 11.3. The molecule has 43 heavy (non-hydrogen) atoms. The van der Waals surface area contributed by atoms with E-state index in [0.717, 1.165) is 23.3 Å². The number of rotatable bonds is 9. The van der Waals surface area contributed by atoms with E-state index in [1.165, 1.54) is 12.1 Å². The second-order valence-corrected chi connectivity index (χ2v) is 11.3. The van der Waals surface area contributed by atoms with E-state index in [1.807, 2.05) is 49.2 Å². The highest BCUT2D eigenvalue weighted by molar-refractivity contribution is 5.92. The van der Waals surface area contributed by atoms with Gasteiger partial charge < -0.3 is 20.1 Å². The maximum absolute atomic E-state index is 13.5. The van der Waals surface area contributed by atoms with Crippen molar-refractivity contribution < 1.29 is 32.6 Å². The molecule has 2 N–H and O–H groups in total. The summed E-state index contributed by atoms with van der Waals surface area (Å²) in [6.07, 6.45) is -4.53. The zero-order chi connectivity index (χ0) is 31.1. The number of halogens is 3. The van der Waals surface area contributed by atoms with Crippen LogP contribution < -0.4 is 10.1 Å². The molecule has 4 rings (SSSR count). The summed E-state index contributed by atoms with van der Waals surface area (Å²) in [4.78, 5) is 29.8. The molecule has 3 atom stereocenters. The van der Waals surface area contributed by atoms with Gasteiger partial charge in [0, 0.05) is 36.8 Å². The fourth-order valence-electron chi connectivity index (χ4n) is 5.19. The molecule has 0 radical (unpaired) electrons. The molecule has 0 saturated carbocycles. The Morgan fingerprint density at radius 2 is 1.79 bits per heavy atom. The van der Waals surface area contributed by atoms with Crippen LogP contribution in [-0.2, 0) is 35.2 Å². The maximum atomic E-state index is 13.5. The quantitative estimate of drug-likeness (QED) is 0.356. The van der Waals surface area contributed by atoms with Gasteiger partial charge in [0.15, 0.2) is 0 Å². The molecule has 3 aromatic rings. The van der Waals surface area contributed by atoms with Crippen LogP contribution in [0.25, 0.3) is 0 Å². The smallest absolute Gasteiger partial charge is 0.416 e. The summed E-state index contributed by atoms with van der Waals surface area (Å²) >= 11 is 0. The molecule has 230 valence electrons. The predicted molar refractivity (Wildman–Crippen MR) is 159 cm³/mol. The summed E-state index contributed by atoms with van der Waals surface area (Å²) in [7, 11) is 1.87. The second kappa shape index (κ2) is 14.1. The minimum absolute atomic E-state index is 0.0307. The summed E-state index contributed by atoms with van der Waals surface area (Å²) in [6.45, 7) is 4.76. The van der Waals surface area contributed by atoms with Gasteiger partial charge in [-0.25, -0.2) is 0 Å². The van der Waals surface area contributed by atoms with Gasteiger partial charge in [-0.2, -0.15) is 13.2 Å². The Kier molecular flexibility index (Phi) is 10.5. The Labute approximate surface area is 250 Å². The van der Waals surface area contributed by atoms with Crippen molar-refractivity contribution in [3.63, 3.8) is 0 Å². The molecule has 1 aliphatic rings. The van der Waals surface area contributed by atoms with Crippen molar-refractivity contribution in [3.8, 4) is 5.75 Å². The maximum Gasteiger partial charge on any atom is 0.416 e. The van der Waals surface area contributed by atoms with Gasteiger partial charge in [-0.1, -0.05) is 49.4 Å². The first kappa shape index (κ1) is 32.0. The number of aliphatic hydroxyl groups is 1. The summed E-state index contributed by atoms with van der Waals surface area (Å²) < 4.78 is 45.5. The van der Waals surface area contributed by atoms with Crippen LogP contribution >= 0.6 is 0 Å². The lowest BCUT2D eigenvalue weighted by molar-refractivity contribution is -0.137. The molecule has 1 heterocycles. The third-order valence-corrected chi connectivity index (χ3v) is 7.63. The highest BCUT2D eigenvalue weighted by atomic mass is 19.4. The standard InChI is InChI=1S/C33H38F3N3O4/c1-22-18-39(23(2)21-40)32(42)17-26-16-28(37-31(41)15-24-7-5-4-6-8-24)13-14-29(26)43-30(22)20-38(3)19-25-9-11-27(12-10-25)33(34,35)36/h4-14,16,22-23,30,40H,15,17-21H2,1-3H3,(H,37,41)/t22-,23+,30-/m0/s1. The number of carbonyl (C=O) groups excluding carboxylic acids is 2. The van der Waals surface area contributed by atoms with Gasteiger partial charge >= 0.3 is 6.18 Å². The number of aliphatic hydroxyl groups excluding tert-OH is 1. The normalized spacial score (nSPS) is 18.2. The number of nitrogens with zero attached hydrogens (tertiary/aromatic N) is 2. The molecular weight excluding hydrogens is 559 g/mol. The van der Waals surface area contributed by atoms with Crippen molar-refractivity contribution in [2.75, 3.05) is 32.1 Å². The Bertz CT molecular complexity index is 1380. The lowest BCUT2D eigenvalue weighted by atomic mass is 10.0. The zero-order valence-electron chi connectivity index (χ0n) is 24.6. The minimum Gasteiger partial charge on any atom is -0.488 e. The van der Waals surface area contributed by atoms with Gasteiger partial charge in [0.1, 0.15) is 11.9 Å². The predicted octanol–water partition coefficient (Wildman–Crippen LogP) is 5.17. The fraction of sp³-hybridized carbons (Fsp3) is 0.394. The molecule has 3 aromatic carbocycles. The number of ether oxygens (including phenoxy) is 1. The Morgan fingerprint density at radius 1 is 1.09 bits per heavy atom. The first-order valence-corrected chi connectivity index (χ1v) is 14.3. The first-order chi connectivity index (χ1) is 20.4. The lowest BCUT2D eigenvalue weighted by Gasteiger charge is -2.34. The van der Waals surface area contributed by atoms with Crippen molar-refractivity contribution in [2.45, 2.75) is 51.6 Å². The van der Waals surface area contributed by atoms with Crippen LogP contribution in [0.15, 0.2) is 72.8 Å². The number of alkyl halides is 3. The molecule has 0 bridgehead atoms. The molecule has 0 aromatic heterocycles. The number of amides is 2. The zero-order valence-corrected chi connectivity index (χ0v) is 24.6. The number of anilines is 1. The third-order valence-electron chi connectivity index (χ3n) is 7.63. The van der Waals surface area contributed by atoms with Crippen molar-refractivity contribution in [2.24, 2.45) is 5.92 Å². The van der Waals surface area contributed by atoms with Crippen molar-refractivity contribution in [3.05, 3.63) is 95.1 Å². The van der Waals surface area contributed by atoms with E-state index in [9.17, 15) is 27.9 Å². The monoisotopic (exact) mass is 597 g/mol. The van der Waals surface area contributed by atoms with E-state index >= 15 is 0 Å². The van der Waals surface area contributed by atoms with Crippen LogP contribution in [0.1, 0.15) is 36.1 Å². The number of fused-ring (bicyclic) bond motifs is 1. The number of hydrogen-bond donors (Lipinski definition) is 2. The van der Waals surface area contributed by atoms with Gasteiger partial charge in [0.2, 0.25) is 11.8 Å². The molecule has 0 saturated heterocycles. The number of carbonyl (C=O) groups is 2. The SMILES string of the molecule is C[C@H](CO)N1C[C@H](C)[C@H](CN(C)Cc2ccc(C(F)(F)F)cc2)Oc2ccc(NC(=O)Cc3ccccc3)cc2CC1=O. The van der Waals surface area contributed by atoms with Crippen molar-refractivity contribution >= 4 is 17.5 Å². The summed E-state index contributed by atoms with van der Waals surface area (Å²) in [6, 6.07) is 19.3. The van der Waals surface area contributed by atoms with E-state index in [4.69, 9.17) is 4.74 Å². The minimum atomic E-state index is -4.39. The van der Waals surface area contributed by atoms with Crippen LogP contribution in [0.2, 0.25) is 0 Å². The molecule has 10 heteroatoms. The largest absolute Gasteiger partial charge is 0.488 e. The Morgan fingerprint density at radius 3 is 2.44 bits per heavy atom. The van der Waals surface area contributed by atoms with Crippen molar-refractivity contribution in [1.29, 1.82) is 0 Å². The molecule has 2 amide bonds. The van der Waals surface area contributed by atoms with Crippen molar-refractivity contribution in [1.82, 2.24) is 9.80 Å². The molecule has 0 unspecified atom stereocenters. The van der Waals surface area contributed by atoms with Crippen LogP contribution in [-0.4, -0.2) is 65.6 Å². The van der Waals surface area contributed by atoms with E-state index in [1.54, 1.807) is 30.0 Å². The summed E-state index contributed by atoms with van der Waals surface area (Å²) in [5.41, 5.74) is 2.07. The summed E-state index contributed by atoms with van der Waals surface area (Å²) in [5, 5.41) is 12.8. The molecule has 1 aliphatic heterocycles. The average molecular weight is 598 g/mol. The number of hydrogen-bond acceptors (Lipinski definition) is 5. The number of likely N-dealkylation sites (N-methyl/N-ethyl adjacent to an activating group) is 1. The molecular formula is C33H38F3N3O4. The van der Waals surface area contributed by atoms with Gasteiger partial charge in [-0.15, -0.1) is 0 Å². The molecule has 0 aliphatic carbocycles. The molecule has 7 nitrogen and oxygen atoms in total. The van der Waals surface area contributed by atoms with Crippen LogP contribution in [0.5, 0.6) is 5.75 Å². The van der Waals surface area contributed by atoms with Crippen LogP contribution in [0.3, 0.4) is 0 Å². The van der Waals surface area contributed by atoms with E-state index in [-0.39, 0.29) is 43.3 Å². The highest BCUT2D eigenvalue weighted by Crippen LogP contribution is 2.31. The van der Waals surface area contributed by atoms with Gasteiger partial charge in [-0.05, 0) is 55.4 Å². The van der Waals surface area contributed by atoms with Gasteiger partial charge in [-0.3, -0.25) is 14.5 Å². The Hall–Kier alpha value is -3.89. The lowest BCUT2D eigenvalue weighted by Crippen LogP contribution is -2.47. The highest BCUT2D eigenvalue weighted by Gasteiger charge is 2.32. The third kappa shape index (κ3) is 8.81. The van der Waals surface area contributed by atoms with Crippen LogP contribution in [0.4, 0.5) is 18.9 Å². The van der Waals surface area contributed by atoms with Gasteiger partial charge in [0.25, 0.3) is 0 Å². The molecule has 0 spiro atoms. The van der Waals surface area contributed by atoms with E-state index < -0.39 is 17.8 Å². The number of nitrogens with one attached hydrogen (secondary N) is 1. The van der Waals surface area contributed by atoms with Gasteiger partial charge in [0.05, 0.1) is 31.1 Å². The van der Waals surface area contributed by atoms with E-state index in [0.29, 0.717) is 36.6 Å². The topological polar surface area (TPSA) is 82.1 Å². The first-order valence-electron chi connectivity index (χ1n) is 14.3. The fourth-order valence-corrected chi connectivity index (χ4v) is 5.19. The number of benzene rings is 3. The average Bonchev–Trinajstić information content (AvgIpc) is 3.00.